The Morgan fingerprint density at radius 2 is 1.95 bits per heavy atom. The van der Waals surface area contributed by atoms with Gasteiger partial charge in [0.25, 0.3) is 0 Å². The van der Waals surface area contributed by atoms with Crippen molar-refractivity contribution < 1.29 is 13.2 Å². The number of methoxy groups -OCH3 is 1. The zero-order valence-electron chi connectivity index (χ0n) is 11.3. The van der Waals surface area contributed by atoms with E-state index in [2.05, 4.69) is 4.98 Å². The fourth-order valence-electron chi connectivity index (χ4n) is 1.85. The molecule has 1 atom stereocenters. The van der Waals surface area contributed by atoms with Crippen molar-refractivity contribution in [2.45, 2.75) is 10.9 Å². The third kappa shape index (κ3) is 3.15. The van der Waals surface area contributed by atoms with Gasteiger partial charge < -0.3 is 10.5 Å². The number of rotatable bonds is 4. The Kier molecular flexibility index (Phi) is 4.06. The molecule has 0 saturated carbocycles. The van der Waals surface area contributed by atoms with Gasteiger partial charge in [0, 0.05) is 12.5 Å². The van der Waals surface area contributed by atoms with Crippen LogP contribution in [0.4, 0.5) is 0 Å². The average molecular weight is 292 g/mol. The second kappa shape index (κ2) is 5.60. The Balaban J connectivity index is 2.40. The summed E-state index contributed by atoms with van der Waals surface area (Å²) in [7, 11) is -1.70. The summed E-state index contributed by atoms with van der Waals surface area (Å²) in [4.78, 5) is 4.30. The molecule has 1 aromatic heterocycles. The van der Waals surface area contributed by atoms with Crippen molar-refractivity contribution in [3.05, 3.63) is 53.9 Å². The van der Waals surface area contributed by atoms with Crippen LogP contribution >= 0.6 is 0 Å². The minimum atomic E-state index is -3.25. The van der Waals surface area contributed by atoms with Gasteiger partial charge in [-0.1, -0.05) is 12.1 Å². The Morgan fingerprint density at radius 1 is 1.20 bits per heavy atom. The maximum Gasteiger partial charge on any atom is 0.175 e. The van der Waals surface area contributed by atoms with Crippen molar-refractivity contribution in [3.63, 3.8) is 0 Å². The lowest BCUT2D eigenvalue weighted by molar-refractivity contribution is 0.412. The zero-order valence-corrected chi connectivity index (χ0v) is 12.1. The summed E-state index contributed by atoms with van der Waals surface area (Å²) in [5.41, 5.74) is 7.63. The van der Waals surface area contributed by atoms with Gasteiger partial charge >= 0.3 is 0 Å². The van der Waals surface area contributed by atoms with Gasteiger partial charge in [-0.3, -0.25) is 4.98 Å². The van der Waals surface area contributed by atoms with E-state index in [1.54, 1.807) is 49.8 Å². The van der Waals surface area contributed by atoms with Crippen molar-refractivity contribution in [2.24, 2.45) is 5.73 Å². The molecule has 0 radical (unpaired) electrons. The largest absolute Gasteiger partial charge is 0.495 e. The Hall–Kier alpha value is -1.92. The molecular formula is C14H16N2O3S. The first-order valence-electron chi connectivity index (χ1n) is 5.96. The molecule has 0 aliphatic carbocycles. The summed E-state index contributed by atoms with van der Waals surface area (Å²) in [6.45, 7) is 0. The van der Waals surface area contributed by atoms with E-state index in [-0.39, 0.29) is 4.90 Å². The summed E-state index contributed by atoms with van der Waals surface area (Å²) >= 11 is 0. The van der Waals surface area contributed by atoms with Gasteiger partial charge in [-0.2, -0.15) is 0 Å². The second-order valence-electron chi connectivity index (χ2n) is 4.48. The quantitative estimate of drug-likeness (QED) is 0.924. The third-order valence-corrected chi connectivity index (χ3v) is 4.08. The van der Waals surface area contributed by atoms with Crippen LogP contribution < -0.4 is 10.5 Å². The summed E-state index contributed by atoms with van der Waals surface area (Å²) in [6, 6.07) is 7.93. The highest BCUT2D eigenvalue weighted by Gasteiger charge is 2.13. The van der Waals surface area contributed by atoms with E-state index < -0.39 is 15.9 Å². The molecule has 0 aliphatic heterocycles. The van der Waals surface area contributed by atoms with E-state index in [4.69, 9.17) is 10.5 Å². The molecule has 1 aromatic carbocycles. The monoisotopic (exact) mass is 292 g/mol. The number of nitrogens with zero attached hydrogens (tertiary/aromatic N) is 1. The Bertz CT molecular complexity index is 714. The van der Waals surface area contributed by atoms with Gasteiger partial charge in [-0.25, -0.2) is 8.42 Å². The molecule has 1 unspecified atom stereocenters. The van der Waals surface area contributed by atoms with Crippen LogP contribution in [0.5, 0.6) is 5.75 Å². The number of hydrogen-bond acceptors (Lipinski definition) is 5. The standard InChI is InChI=1S/C14H16N2O3S/c1-19-12-6-11(8-16-9-12)14(15)10-4-3-5-13(7-10)20(2,17)18/h3-9,14H,15H2,1-2H3. The zero-order chi connectivity index (χ0) is 14.8. The van der Waals surface area contributed by atoms with Crippen molar-refractivity contribution >= 4 is 9.84 Å². The lowest BCUT2D eigenvalue weighted by Crippen LogP contribution is -2.13. The second-order valence-corrected chi connectivity index (χ2v) is 6.50. The summed E-state index contributed by atoms with van der Waals surface area (Å²) in [5.74, 6) is 0.609. The third-order valence-electron chi connectivity index (χ3n) is 2.97. The minimum absolute atomic E-state index is 0.251. The van der Waals surface area contributed by atoms with E-state index >= 15 is 0 Å². The van der Waals surface area contributed by atoms with Gasteiger partial charge in [-0.05, 0) is 29.3 Å². The molecule has 0 fully saturated rings. The van der Waals surface area contributed by atoms with Crippen LogP contribution in [0, 0.1) is 0 Å². The average Bonchev–Trinajstić information content (AvgIpc) is 2.46. The van der Waals surface area contributed by atoms with Gasteiger partial charge in [0.2, 0.25) is 0 Å². The number of pyridine rings is 1. The molecule has 0 amide bonds. The maximum absolute atomic E-state index is 11.6. The fraction of sp³-hybridized carbons (Fsp3) is 0.214. The molecule has 20 heavy (non-hydrogen) atoms. The van der Waals surface area contributed by atoms with E-state index in [0.29, 0.717) is 11.3 Å². The minimum Gasteiger partial charge on any atom is -0.495 e. The van der Waals surface area contributed by atoms with Gasteiger partial charge in [0.1, 0.15) is 5.75 Å². The molecule has 0 spiro atoms. The number of benzene rings is 1. The molecule has 0 aliphatic rings. The van der Waals surface area contributed by atoms with Gasteiger partial charge in [-0.15, -0.1) is 0 Å². The van der Waals surface area contributed by atoms with Gasteiger partial charge in [0.15, 0.2) is 9.84 Å². The van der Waals surface area contributed by atoms with Crippen LogP contribution in [0.15, 0.2) is 47.6 Å². The van der Waals surface area contributed by atoms with Crippen molar-refractivity contribution in [1.29, 1.82) is 0 Å². The predicted octanol–water partition coefficient (Wildman–Crippen LogP) is 1.54. The molecule has 5 nitrogen and oxygen atoms in total. The SMILES string of the molecule is COc1cncc(C(N)c2cccc(S(C)(=O)=O)c2)c1. The van der Waals surface area contributed by atoms with E-state index in [1.165, 1.54) is 6.26 Å². The number of nitrogens with two attached hydrogens (primary N) is 1. The maximum atomic E-state index is 11.6. The van der Waals surface area contributed by atoms with E-state index in [0.717, 1.165) is 5.56 Å². The summed E-state index contributed by atoms with van der Waals surface area (Å²) in [6.07, 6.45) is 4.40. The number of ether oxygens (including phenoxy) is 1. The molecule has 106 valence electrons. The highest BCUT2D eigenvalue weighted by Crippen LogP contribution is 2.23. The molecule has 6 heteroatoms. The van der Waals surface area contributed by atoms with Crippen LogP contribution in [0.3, 0.4) is 0 Å². The smallest absolute Gasteiger partial charge is 0.175 e. The highest BCUT2D eigenvalue weighted by atomic mass is 32.2. The van der Waals surface area contributed by atoms with Crippen LogP contribution in [0.25, 0.3) is 0 Å². The van der Waals surface area contributed by atoms with Crippen molar-refractivity contribution in [3.8, 4) is 5.75 Å². The van der Waals surface area contributed by atoms with Crippen molar-refractivity contribution in [1.82, 2.24) is 4.98 Å². The number of sulfone groups is 1. The van der Waals surface area contributed by atoms with Crippen molar-refractivity contribution in [2.75, 3.05) is 13.4 Å². The number of aromatic nitrogens is 1. The molecule has 2 aromatic rings. The summed E-state index contributed by atoms with van der Waals surface area (Å²) < 4.78 is 28.2. The highest BCUT2D eigenvalue weighted by molar-refractivity contribution is 7.90. The Morgan fingerprint density at radius 3 is 2.60 bits per heavy atom. The van der Waals surface area contributed by atoms with Crippen LogP contribution in [0.2, 0.25) is 0 Å². The van der Waals surface area contributed by atoms with Crippen LogP contribution in [-0.4, -0.2) is 26.8 Å². The Labute approximate surface area is 118 Å². The van der Waals surface area contributed by atoms with Crippen LogP contribution in [-0.2, 0) is 9.84 Å². The normalized spacial score (nSPS) is 12.9. The molecule has 2 rings (SSSR count). The lowest BCUT2D eigenvalue weighted by atomic mass is 10.0. The fourth-order valence-corrected chi connectivity index (χ4v) is 2.52. The predicted molar refractivity (Wildman–Crippen MR) is 76.4 cm³/mol. The first kappa shape index (κ1) is 14.5. The molecule has 0 bridgehead atoms. The molecular weight excluding hydrogens is 276 g/mol. The number of hydrogen-bond donors (Lipinski definition) is 1. The first-order chi connectivity index (χ1) is 9.41. The van der Waals surface area contributed by atoms with E-state index in [1.807, 2.05) is 0 Å². The molecule has 2 N–H and O–H groups in total. The topological polar surface area (TPSA) is 82.3 Å². The lowest BCUT2D eigenvalue weighted by Gasteiger charge is -2.14. The van der Waals surface area contributed by atoms with Gasteiger partial charge in [0.05, 0.1) is 24.2 Å². The summed E-state index contributed by atoms with van der Waals surface area (Å²) in [5, 5.41) is 0. The van der Waals surface area contributed by atoms with E-state index in [9.17, 15) is 8.42 Å². The molecule has 0 saturated heterocycles. The van der Waals surface area contributed by atoms with Crippen LogP contribution in [0.1, 0.15) is 17.2 Å². The first-order valence-corrected chi connectivity index (χ1v) is 7.85. The molecule has 1 heterocycles.